The number of carbonyl (C=O) groups excluding carboxylic acids is 1. The van der Waals surface area contributed by atoms with E-state index in [1.807, 2.05) is 0 Å². The minimum Gasteiger partial charge on any atom is -0.744 e. The maximum Gasteiger partial charge on any atom is 0.178 e. The standard InChI is InChI=1S/C19H13ClO5S/c20-16-10-7-13(11-17(16)22)19(12-5-8-14(21)9-6-12)15-3-1-2-4-18(15)26(23,24)25/h1-11,22H,(H,23,24,25)/p-1. The average molecular weight is 388 g/mol. The van der Waals surface area contributed by atoms with Crippen LogP contribution < -0.4 is 0 Å². The second kappa shape index (κ2) is 6.92. The van der Waals surface area contributed by atoms with E-state index in [1.54, 1.807) is 12.1 Å². The number of rotatable bonds is 3. The summed E-state index contributed by atoms with van der Waals surface area (Å²) < 4.78 is 35.1. The van der Waals surface area contributed by atoms with E-state index >= 15 is 0 Å². The van der Waals surface area contributed by atoms with Crippen molar-refractivity contribution in [1.29, 1.82) is 0 Å². The van der Waals surface area contributed by atoms with Gasteiger partial charge in [0, 0.05) is 5.56 Å². The molecule has 0 atom stereocenters. The highest BCUT2D eigenvalue weighted by atomic mass is 35.5. The highest BCUT2D eigenvalue weighted by Crippen LogP contribution is 2.36. The summed E-state index contributed by atoms with van der Waals surface area (Å²) in [4.78, 5) is 11.0. The second-order valence-corrected chi connectivity index (χ2v) is 7.27. The van der Waals surface area contributed by atoms with Gasteiger partial charge in [-0.3, -0.25) is 4.79 Å². The van der Waals surface area contributed by atoms with Gasteiger partial charge in [0.05, 0.1) is 9.92 Å². The van der Waals surface area contributed by atoms with Gasteiger partial charge in [0.2, 0.25) is 0 Å². The van der Waals surface area contributed by atoms with Crippen LogP contribution in [0.15, 0.2) is 77.2 Å². The van der Waals surface area contributed by atoms with Crippen LogP contribution in [0, 0.1) is 0 Å². The lowest BCUT2D eigenvalue weighted by Gasteiger charge is -2.19. The molecule has 0 spiro atoms. The van der Waals surface area contributed by atoms with Crippen molar-refractivity contribution >= 4 is 33.1 Å². The average Bonchev–Trinajstić information content (AvgIpc) is 2.59. The second-order valence-electron chi connectivity index (χ2n) is 5.52. The number of ketones is 1. The fraction of sp³-hybridized carbons (Fsp3) is 0. The maximum atomic E-state index is 11.7. The monoisotopic (exact) mass is 387 g/mol. The summed E-state index contributed by atoms with van der Waals surface area (Å²) in [6.07, 6.45) is 5.72. The van der Waals surface area contributed by atoms with Gasteiger partial charge in [-0.05, 0) is 47.1 Å². The molecule has 0 aromatic heterocycles. The smallest absolute Gasteiger partial charge is 0.178 e. The van der Waals surface area contributed by atoms with Crippen molar-refractivity contribution in [2.24, 2.45) is 0 Å². The van der Waals surface area contributed by atoms with Crippen LogP contribution in [0.5, 0.6) is 5.75 Å². The van der Waals surface area contributed by atoms with Gasteiger partial charge in [0.15, 0.2) is 5.78 Å². The summed E-state index contributed by atoms with van der Waals surface area (Å²) in [6, 6.07) is 10.2. The Bertz CT molecular complexity index is 1080. The zero-order valence-electron chi connectivity index (χ0n) is 13.2. The van der Waals surface area contributed by atoms with Crippen LogP contribution in [-0.2, 0) is 14.9 Å². The first-order valence-electron chi connectivity index (χ1n) is 7.46. The Labute approximate surface area is 155 Å². The van der Waals surface area contributed by atoms with E-state index < -0.39 is 15.0 Å². The van der Waals surface area contributed by atoms with Crippen molar-refractivity contribution in [3.8, 4) is 5.75 Å². The van der Waals surface area contributed by atoms with Gasteiger partial charge >= 0.3 is 0 Å². The molecule has 1 aliphatic carbocycles. The Balaban J connectivity index is 2.36. The molecule has 5 nitrogen and oxygen atoms in total. The summed E-state index contributed by atoms with van der Waals surface area (Å²) in [5, 5.41) is 10.1. The van der Waals surface area contributed by atoms with E-state index in [4.69, 9.17) is 11.6 Å². The topological polar surface area (TPSA) is 94.5 Å². The molecular formula is C19H12ClO5S-. The molecular weight excluding hydrogens is 376 g/mol. The third-order valence-electron chi connectivity index (χ3n) is 3.80. The number of aromatic hydroxyl groups is 1. The minimum absolute atomic E-state index is 0.132. The number of phenolic OH excluding ortho intramolecular Hbond substituents is 1. The molecule has 7 heteroatoms. The number of allylic oxidation sites excluding steroid dienone is 5. The molecule has 0 bridgehead atoms. The predicted molar refractivity (Wildman–Crippen MR) is 96.8 cm³/mol. The zero-order chi connectivity index (χ0) is 18.9. The number of halogens is 1. The van der Waals surface area contributed by atoms with Crippen molar-refractivity contribution in [2.75, 3.05) is 0 Å². The van der Waals surface area contributed by atoms with Crippen LogP contribution in [-0.4, -0.2) is 23.9 Å². The number of benzene rings is 2. The molecule has 0 fully saturated rings. The lowest BCUT2D eigenvalue weighted by Crippen LogP contribution is -2.05. The third kappa shape index (κ3) is 3.62. The molecule has 132 valence electrons. The third-order valence-corrected chi connectivity index (χ3v) is 5.02. The quantitative estimate of drug-likeness (QED) is 0.814. The molecule has 3 rings (SSSR count). The van der Waals surface area contributed by atoms with E-state index in [0.717, 1.165) is 0 Å². The van der Waals surface area contributed by atoms with Crippen molar-refractivity contribution in [3.63, 3.8) is 0 Å². The van der Waals surface area contributed by atoms with Crippen LogP contribution in [0.2, 0.25) is 5.02 Å². The van der Waals surface area contributed by atoms with E-state index in [0.29, 0.717) is 16.7 Å². The Morgan fingerprint density at radius 1 is 1.00 bits per heavy atom. The van der Waals surface area contributed by atoms with Crippen LogP contribution in [0.1, 0.15) is 11.1 Å². The van der Waals surface area contributed by atoms with Gasteiger partial charge in [-0.1, -0.05) is 48.0 Å². The first-order valence-corrected chi connectivity index (χ1v) is 9.24. The number of hydrogen-bond donors (Lipinski definition) is 1. The molecule has 1 N–H and O–H groups in total. The molecule has 0 heterocycles. The van der Waals surface area contributed by atoms with Crippen molar-refractivity contribution in [1.82, 2.24) is 0 Å². The maximum absolute atomic E-state index is 11.7. The molecule has 0 unspecified atom stereocenters. The van der Waals surface area contributed by atoms with E-state index in [-0.39, 0.29) is 22.1 Å². The molecule has 26 heavy (non-hydrogen) atoms. The lowest BCUT2D eigenvalue weighted by atomic mass is 9.91. The van der Waals surface area contributed by atoms with Gasteiger partial charge in [0.25, 0.3) is 0 Å². The van der Waals surface area contributed by atoms with Gasteiger partial charge in [0.1, 0.15) is 15.9 Å². The van der Waals surface area contributed by atoms with Gasteiger partial charge in [-0.2, -0.15) is 0 Å². The zero-order valence-corrected chi connectivity index (χ0v) is 14.8. The van der Waals surface area contributed by atoms with Crippen molar-refractivity contribution in [3.05, 3.63) is 88.5 Å². The van der Waals surface area contributed by atoms with Crippen molar-refractivity contribution < 1.29 is 22.9 Å². The first-order chi connectivity index (χ1) is 12.3. The van der Waals surface area contributed by atoms with Crippen molar-refractivity contribution in [2.45, 2.75) is 4.90 Å². The highest BCUT2D eigenvalue weighted by molar-refractivity contribution is 7.85. The Morgan fingerprint density at radius 3 is 2.27 bits per heavy atom. The van der Waals surface area contributed by atoms with Gasteiger partial charge in [-0.25, -0.2) is 8.42 Å². The largest absolute Gasteiger partial charge is 0.744 e. The number of carbonyl (C=O) groups is 1. The number of hydrogen-bond acceptors (Lipinski definition) is 5. The molecule has 0 radical (unpaired) electrons. The van der Waals surface area contributed by atoms with Gasteiger partial charge < -0.3 is 9.66 Å². The summed E-state index contributed by atoms with van der Waals surface area (Å²) in [6.45, 7) is 0. The number of phenols is 1. The minimum atomic E-state index is -4.74. The van der Waals surface area contributed by atoms with Crippen LogP contribution in [0.4, 0.5) is 0 Å². The fourth-order valence-corrected chi connectivity index (χ4v) is 3.46. The highest BCUT2D eigenvalue weighted by Gasteiger charge is 2.18. The van der Waals surface area contributed by atoms with E-state index in [2.05, 4.69) is 0 Å². The molecule has 1 aliphatic rings. The van der Waals surface area contributed by atoms with Crippen LogP contribution in [0.25, 0.3) is 5.57 Å². The molecule has 0 amide bonds. The molecule has 2 aromatic carbocycles. The summed E-state index contributed by atoms with van der Waals surface area (Å²) >= 11 is 5.86. The van der Waals surface area contributed by atoms with Gasteiger partial charge in [-0.15, -0.1) is 0 Å². The predicted octanol–water partition coefficient (Wildman–Crippen LogP) is 3.45. The fourth-order valence-electron chi connectivity index (χ4n) is 2.66. The molecule has 0 saturated carbocycles. The summed E-state index contributed by atoms with van der Waals surface area (Å²) in [5.41, 5.74) is 1.51. The molecule has 2 aromatic rings. The first kappa shape index (κ1) is 18.1. The lowest BCUT2D eigenvalue weighted by molar-refractivity contribution is -0.110. The molecule has 0 saturated heterocycles. The SMILES string of the molecule is O=C1C=CC(=C(c2ccc(Cl)c(O)c2)c2ccccc2S(=O)(=O)[O-])C=C1. The summed E-state index contributed by atoms with van der Waals surface area (Å²) in [5.74, 6) is -0.402. The van der Waals surface area contributed by atoms with Crippen LogP contribution in [0.3, 0.4) is 0 Å². The molecule has 0 aliphatic heterocycles. The van der Waals surface area contributed by atoms with E-state index in [1.165, 1.54) is 54.6 Å². The Kier molecular flexibility index (Phi) is 4.82. The summed E-state index contributed by atoms with van der Waals surface area (Å²) in [7, 11) is -4.74. The Hall–Kier alpha value is -2.67. The normalized spacial score (nSPS) is 13.9. The Morgan fingerprint density at radius 2 is 1.65 bits per heavy atom. The van der Waals surface area contributed by atoms with Crippen LogP contribution >= 0.6 is 11.6 Å². The van der Waals surface area contributed by atoms with E-state index in [9.17, 15) is 22.9 Å².